The van der Waals surface area contributed by atoms with E-state index < -0.39 is 0 Å². The van der Waals surface area contributed by atoms with Crippen LogP contribution in [0.4, 0.5) is 0 Å². The van der Waals surface area contributed by atoms with Gasteiger partial charge in [0.25, 0.3) is 5.91 Å². The molecule has 1 N–H and O–H groups in total. The van der Waals surface area contributed by atoms with Crippen molar-refractivity contribution in [3.8, 4) is 0 Å². The molecule has 1 heterocycles. The summed E-state index contributed by atoms with van der Waals surface area (Å²) in [6.07, 6.45) is 0. The van der Waals surface area contributed by atoms with E-state index in [1.54, 1.807) is 0 Å². The fourth-order valence-electron chi connectivity index (χ4n) is 1.87. The molecule has 0 spiro atoms. The van der Waals surface area contributed by atoms with E-state index >= 15 is 0 Å². The van der Waals surface area contributed by atoms with Crippen LogP contribution in [0, 0.1) is 0 Å². The quantitative estimate of drug-likeness (QED) is 0.839. The van der Waals surface area contributed by atoms with Gasteiger partial charge in [-0.25, -0.2) is 5.01 Å². The Balaban J connectivity index is 1.90. The van der Waals surface area contributed by atoms with Crippen molar-refractivity contribution < 1.29 is 4.79 Å². The van der Waals surface area contributed by atoms with Gasteiger partial charge in [0.2, 0.25) is 0 Å². The van der Waals surface area contributed by atoms with E-state index in [9.17, 15) is 4.79 Å². The Hall–Kier alpha value is -1.10. The number of nitrogens with one attached hydrogen (secondary N) is 1. The van der Waals surface area contributed by atoms with Crippen molar-refractivity contribution in [1.29, 1.82) is 0 Å². The van der Waals surface area contributed by atoms with Crippen LogP contribution in [0.5, 0.6) is 0 Å². The fourth-order valence-corrected chi connectivity index (χ4v) is 2.05. The van der Waals surface area contributed by atoms with Gasteiger partial charge in [0.05, 0.1) is 0 Å². The molecule has 0 atom stereocenters. The smallest absolute Gasteiger partial charge is 0.265 e. The molecule has 1 aliphatic rings. The number of hydrazine groups is 1. The second-order valence-corrected chi connectivity index (χ2v) is 4.83. The van der Waals surface area contributed by atoms with Crippen molar-refractivity contribution in [1.82, 2.24) is 15.3 Å². The largest absolute Gasteiger partial charge is 0.304 e. The maximum absolute atomic E-state index is 12.0. The van der Waals surface area contributed by atoms with E-state index in [1.165, 1.54) is 0 Å². The first-order valence-electron chi connectivity index (χ1n) is 6.08. The van der Waals surface area contributed by atoms with Gasteiger partial charge < -0.3 is 4.90 Å². The number of piperazine rings is 1. The molecule has 1 aromatic rings. The summed E-state index contributed by atoms with van der Waals surface area (Å²) in [6, 6.07) is 7.38. The minimum Gasteiger partial charge on any atom is -0.304 e. The number of rotatable bonds is 3. The van der Waals surface area contributed by atoms with Crippen molar-refractivity contribution >= 4 is 17.5 Å². The van der Waals surface area contributed by atoms with Crippen molar-refractivity contribution in [3.63, 3.8) is 0 Å². The number of carbonyl (C=O) groups is 1. The van der Waals surface area contributed by atoms with Gasteiger partial charge in [0.1, 0.15) is 0 Å². The number of hydrogen-bond donors (Lipinski definition) is 1. The summed E-state index contributed by atoms with van der Waals surface area (Å²) < 4.78 is 0. The van der Waals surface area contributed by atoms with Crippen LogP contribution in [0.3, 0.4) is 0 Å². The van der Waals surface area contributed by atoms with Gasteiger partial charge >= 0.3 is 0 Å². The van der Waals surface area contributed by atoms with Crippen LogP contribution in [0.15, 0.2) is 24.3 Å². The SMILES string of the molecule is CN1CCN(NC(=O)c2ccc(CCl)cc2)CC1. The Bertz CT molecular complexity index is 399. The third kappa shape index (κ3) is 3.45. The molecule has 0 radical (unpaired) electrons. The highest BCUT2D eigenvalue weighted by Gasteiger charge is 2.16. The summed E-state index contributed by atoms with van der Waals surface area (Å²) in [5.41, 5.74) is 4.62. The first-order valence-corrected chi connectivity index (χ1v) is 6.62. The summed E-state index contributed by atoms with van der Waals surface area (Å²) in [5, 5.41) is 1.97. The molecule has 2 rings (SSSR count). The molecule has 1 saturated heterocycles. The molecule has 5 heteroatoms. The summed E-state index contributed by atoms with van der Waals surface area (Å²) in [6.45, 7) is 3.68. The maximum Gasteiger partial charge on any atom is 0.265 e. The predicted molar refractivity (Wildman–Crippen MR) is 72.5 cm³/mol. The van der Waals surface area contributed by atoms with Gasteiger partial charge in [-0.1, -0.05) is 12.1 Å². The van der Waals surface area contributed by atoms with E-state index in [0.717, 1.165) is 31.7 Å². The molecule has 1 amide bonds. The van der Waals surface area contributed by atoms with Crippen LogP contribution in [0.2, 0.25) is 0 Å². The second-order valence-electron chi connectivity index (χ2n) is 4.56. The number of carbonyl (C=O) groups excluding carboxylic acids is 1. The summed E-state index contributed by atoms with van der Waals surface area (Å²) in [4.78, 5) is 14.2. The zero-order valence-electron chi connectivity index (χ0n) is 10.5. The topological polar surface area (TPSA) is 35.6 Å². The highest BCUT2D eigenvalue weighted by molar-refractivity contribution is 6.17. The first-order chi connectivity index (χ1) is 8.69. The van der Waals surface area contributed by atoms with Gasteiger partial charge in [0, 0.05) is 37.6 Å². The number of hydrogen-bond acceptors (Lipinski definition) is 3. The lowest BCUT2D eigenvalue weighted by atomic mass is 10.1. The van der Waals surface area contributed by atoms with E-state index in [1.807, 2.05) is 29.3 Å². The highest BCUT2D eigenvalue weighted by atomic mass is 35.5. The first kappa shape index (κ1) is 13.3. The molecule has 0 aliphatic carbocycles. The van der Waals surface area contributed by atoms with Crippen LogP contribution < -0.4 is 5.43 Å². The minimum absolute atomic E-state index is 0.0549. The van der Waals surface area contributed by atoms with Gasteiger partial charge in [0.15, 0.2) is 0 Å². The van der Waals surface area contributed by atoms with Crippen molar-refractivity contribution in [2.45, 2.75) is 5.88 Å². The van der Waals surface area contributed by atoms with Crippen LogP contribution in [0.1, 0.15) is 15.9 Å². The van der Waals surface area contributed by atoms with Crippen molar-refractivity contribution in [3.05, 3.63) is 35.4 Å². The van der Waals surface area contributed by atoms with Crippen LogP contribution >= 0.6 is 11.6 Å². The zero-order valence-corrected chi connectivity index (χ0v) is 11.3. The molecule has 1 fully saturated rings. The van der Waals surface area contributed by atoms with Crippen molar-refractivity contribution in [2.75, 3.05) is 33.2 Å². The standard InChI is InChI=1S/C13H18ClN3O/c1-16-6-8-17(9-7-16)15-13(18)12-4-2-11(10-14)3-5-12/h2-5H,6-10H2,1H3,(H,15,18). The van der Waals surface area contributed by atoms with Crippen molar-refractivity contribution in [2.24, 2.45) is 0 Å². The van der Waals surface area contributed by atoms with E-state index in [4.69, 9.17) is 11.6 Å². The van der Waals surface area contributed by atoms with Gasteiger partial charge in [-0.05, 0) is 24.7 Å². The summed E-state index contributed by atoms with van der Waals surface area (Å²) >= 11 is 5.71. The molecule has 1 aliphatic heterocycles. The maximum atomic E-state index is 12.0. The number of halogens is 1. The van der Waals surface area contributed by atoms with Gasteiger partial charge in [-0.2, -0.15) is 0 Å². The molecule has 98 valence electrons. The number of amides is 1. The fraction of sp³-hybridized carbons (Fsp3) is 0.462. The number of alkyl halides is 1. The lowest BCUT2D eigenvalue weighted by Crippen LogP contribution is -2.52. The normalized spacial score (nSPS) is 17.7. The average Bonchev–Trinajstić information content (AvgIpc) is 2.41. The monoisotopic (exact) mass is 267 g/mol. The van der Waals surface area contributed by atoms with Crippen LogP contribution in [-0.2, 0) is 5.88 Å². The third-order valence-corrected chi connectivity index (χ3v) is 3.44. The van der Waals surface area contributed by atoms with E-state index in [0.29, 0.717) is 11.4 Å². The molecule has 0 unspecified atom stereocenters. The molecule has 4 nitrogen and oxygen atoms in total. The lowest BCUT2D eigenvalue weighted by Gasteiger charge is -2.32. The molecule has 0 aromatic heterocycles. The molecule has 0 bridgehead atoms. The Morgan fingerprint density at radius 2 is 1.83 bits per heavy atom. The molecule has 0 saturated carbocycles. The summed E-state index contributed by atoms with van der Waals surface area (Å²) in [7, 11) is 2.09. The minimum atomic E-state index is -0.0549. The highest BCUT2D eigenvalue weighted by Crippen LogP contribution is 2.07. The second kappa shape index (κ2) is 6.18. The Kier molecular flexibility index (Phi) is 4.58. The van der Waals surface area contributed by atoms with Crippen LogP contribution in [-0.4, -0.2) is 49.0 Å². The predicted octanol–water partition coefficient (Wildman–Crippen LogP) is 1.32. The summed E-state index contributed by atoms with van der Waals surface area (Å²) in [5.74, 6) is 0.418. The number of likely N-dealkylation sites (N-methyl/N-ethyl adjacent to an activating group) is 1. The Morgan fingerprint density at radius 1 is 1.22 bits per heavy atom. The van der Waals surface area contributed by atoms with Gasteiger partial charge in [-0.3, -0.25) is 10.2 Å². The average molecular weight is 268 g/mol. The van der Waals surface area contributed by atoms with Gasteiger partial charge in [-0.15, -0.1) is 11.6 Å². The van der Waals surface area contributed by atoms with Crippen LogP contribution in [0.25, 0.3) is 0 Å². The molecule has 18 heavy (non-hydrogen) atoms. The molecule has 1 aromatic carbocycles. The third-order valence-electron chi connectivity index (χ3n) is 3.13. The lowest BCUT2D eigenvalue weighted by molar-refractivity contribution is 0.0662. The Labute approximate surface area is 112 Å². The zero-order chi connectivity index (χ0) is 13.0. The van der Waals surface area contributed by atoms with E-state index in [-0.39, 0.29) is 5.91 Å². The Morgan fingerprint density at radius 3 is 2.39 bits per heavy atom. The number of nitrogens with zero attached hydrogens (tertiary/aromatic N) is 2. The molecular formula is C13H18ClN3O. The number of benzene rings is 1. The molecular weight excluding hydrogens is 250 g/mol. The van der Waals surface area contributed by atoms with E-state index in [2.05, 4.69) is 17.4 Å².